The molecule has 106 valence electrons. The zero-order valence-corrected chi connectivity index (χ0v) is 13.3. The molecule has 0 heterocycles. The second-order valence-electron chi connectivity index (χ2n) is 5.13. The summed E-state index contributed by atoms with van der Waals surface area (Å²) in [6.07, 6.45) is 0. The van der Waals surface area contributed by atoms with Gasteiger partial charge >= 0.3 is 0 Å². The Balaban J connectivity index is 2.53. The summed E-state index contributed by atoms with van der Waals surface area (Å²) in [5.41, 5.74) is 1.21. The highest BCUT2D eigenvalue weighted by Gasteiger charge is 2.09. The Morgan fingerprint density at radius 2 is 1.79 bits per heavy atom. The van der Waals surface area contributed by atoms with E-state index in [0.29, 0.717) is 11.8 Å². The number of thioether (sulfide) groups is 1. The van der Waals surface area contributed by atoms with Crippen LogP contribution in [-0.4, -0.2) is 36.7 Å². The first-order valence-corrected chi connectivity index (χ1v) is 7.48. The third kappa shape index (κ3) is 5.66. The summed E-state index contributed by atoms with van der Waals surface area (Å²) < 4.78 is 0. The van der Waals surface area contributed by atoms with E-state index in [1.165, 1.54) is 10.5 Å². The van der Waals surface area contributed by atoms with E-state index in [0.717, 1.165) is 0 Å². The van der Waals surface area contributed by atoms with E-state index in [-0.39, 0.29) is 11.9 Å². The Labute approximate surface area is 120 Å². The van der Waals surface area contributed by atoms with E-state index in [1.54, 1.807) is 19.0 Å². The zero-order valence-electron chi connectivity index (χ0n) is 12.4. The summed E-state index contributed by atoms with van der Waals surface area (Å²) in [5, 5.41) is 3.84. The maximum atomic E-state index is 11.5. The molecule has 0 aliphatic rings. The number of nitrogens with one attached hydrogen (secondary N) is 1. The molecule has 0 aliphatic carbocycles. The van der Waals surface area contributed by atoms with Crippen molar-refractivity contribution in [2.75, 3.05) is 20.6 Å². The quantitative estimate of drug-likeness (QED) is 0.813. The highest BCUT2D eigenvalue weighted by Crippen LogP contribution is 2.24. The molecule has 1 atom stereocenters. The molecule has 0 aliphatic heterocycles. The van der Waals surface area contributed by atoms with Gasteiger partial charge in [0.15, 0.2) is 0 Å². The summed E-state index contributed by atoms with van der Waals surface area (Å²) in [4.78, 5) is 14.4. The second kappa shape index (κ2) is 7.56. The molecular weight excluding hydrogens is 256 g/mol. The van der Waals surface area contributed by atoms with Crippen molar-refractivity contribution in [3.63, 3.8) is 0 Å². The number of amides is 1. The molecule has 1 N–H and O–H groups in total. The van der Waals surface area contributed by atoms with E-state index >= 15 is 0 Å². The first-order valence-electron chi connectivity index (χ1n) is 6.60. The molecule has 1 amide bonds. The highest BCUT2D eigenvalue weighted by molar-refractivity contribution is 7.99. The van der Waals surface area contributed by atoms with Crippen LogP contribution < -0.4 is 5.32 Å². The fraction of sp³-hybridized carbons (Fsp3) is 0.533. The second-order valence-corrected chi connectivity index (χ2v) is 6.78. The third-order valence-corrected chi connectivity index (χ3v) is 3.83. The molecule has 0 fully saturated rings. The molecule has 0 spiro atoms. The SMILES string of the molecule is CC(C)Sc1ccc([C@H](C)NCC(=O)N(C)C)cc1. The molecule has 1 aromatic rings. The Bertz CT molecular complexity index is 401. The number of likely N-dealkylation sites (N-methyl/N-ethyl adjacent to an activating group) is 1. The minimum Gasteiger partial charge on any atom is -0.348 e. The van der Waals surface area contributed by atoms with Gasteiger partial charge in [-0.3, -0.25) is 4.79 Å². The summed E-state index contributed by atoms with van der Waals surface area (Å²) in [5.74, 6) is 0.0961. The molecule has 0 unspecified atom stereocenters. The smallest absolute Gasteiger partial charge is 0.236 e. The minimum atomic E-state index is 0.0961. The van der Waals surface area contributed by atoms with Crippen molar-refractivity contribution in [1.29, 1.82) is 0 Å². The molecule has 0 saturated carbocycles. The molecule has 19 heavy (non-hydrogen) atoms. The number of carbonyl (C=O) groups is 1. The summed E-state index contributed by atoms with van der Waals surface area (Å²) in [7, 11) is 3.54. The van der Waals surface area contributed by atoms with Gasteiger partial charge in [0.25, 0.3) is 0 Å². The van der Waals surface area contributed by atoms with E-state index in [4.69, 9.17) is 0 Å². The van der Waals surface area contributed by atoms with Crippen LogP contribution in [0.5, 0.6) is 0 Å². The van der Waals surface area contributed by atoms with Crippen molar-refractivity contribution in [3.8, 4) is 0 Å². The maximum Gasteiger partial charge on any atom is 0.236 e. The van der Waals surface area contributed by atoms with Gasteiger partial charge in [0.2, 0.25) is 5.91 Å². The number of carbonyl (C=O) groups excluding carboxylic acids is 1. The molecule has 0 saturated heterocycles. The monoisotopic (exact) mass is 280 g/mol. The van der Waals surface area contributed by atoms with Gasteiger partial charge in [0, 0.05) is 30.3 Å². The van der Waals surface area contributed by atoms with Gasteiger partial charge in [-0.15, -0.1) is 11.8 Å². The van der Waals surface area contributed by atoms with Crippen LogP contribution in [-0.2, 0) is 4.79 Å². The fourth-order valence-corrected chi connectivity index (χ4v) is 2.46. The molecule has 3 nitrogen and oxygen atoms in total. The summed E-state index contributed by atoms with van der Waals surface area (Å²) in [6, 6.07) is 8.73. The fourth-order valence-electron chi connectivity index (χ4n) is 1.62. The molecule has 1 rings (SSSR count). The molecule has 0 radical (unpaired) electrons. The highest BCUT2D eigenvalue weighted by atomic mass is 32.2. The minimum absolute atomic E-state index is 0.0961. The first-order chi connectivity index (χ1) is 8.90. The normalized spacial score (nSPS) is 12.5. The van der Waals surface area contributed by atoms with Gasteiger partial charge in [0.1, 0.15) is 0 Å². The van der Waals surface area contributed by atoms with Crippen LogP contribution in [0.2, 0.25) is 0 Å². The molecule has 1 aromatic carbocycles. The van der Waals surface area contributed by atoms with Crippen molar-refractivity contribution in [2.24, 2.45) is 0 Å². The van der Waals surface area contributed by atoms with Crippen molar-refractivity contribution < 1.29 is 4.79 Å². The van der Waals surface area contributed by atoms with Crippen molar-refractivity contribution >= 4 is 17.7 Å². The van der Waals surface area contributed by atoms with E-state index in [9.17, 15) is 4.79 Å². The largest absolute Gasteiger partial charge is 0.348 e. The Morgan fingerprint density at radius 1 is 1.21 bits per heavy atom. The Hall–Kier alpha value is -1.00. The average Bonchev–Trinajstić information content (AvgIpc) is 2.35. The van der Waals surface area contributed by atoms with E-state index in [1.807, 2.05) is 11.8 Å². The summed E-state index contributed by atoms with van der Waals surface area (Å²) >= 11 is 1.86. The van der Waals surface area contributed by atoms with Gasteiger partial charge < -0.3 is 10.2 Å². The topological polar surface area (TPSA) is 32.3 Å². The lowest BCUT2D eigenvalue weighted by Gasteiger charge is -2.16. The van der Waals surface area contributed by atoms with Crippen LogP contribution in [0.15, 0.2) is 29.2 Å². The number of hydrogen-bond acceptors (Lipinski definition) is 3. The van der Waals surface area contributed by atoms with Gasteiger partial charge in [-0.05, 0) is 24.6 Å². The van der Waals surface area contributed by atoms with Crippen molar-refractivity contribution in [3.05, 3.63) is 29.8 Å². The van der Waals surface area contributed by atoms with Crippen molar-refractivity contribution in [2.45, 2.75) is 37.0 Å². The summed E-state index contributed by atoms with van der Waals surface area (Å²) in [6.45, 7) is 6.83. The average molecular weight is 280 g/mol. The van der Waals surface area contributed by atoms with Crippen LogP contribution in [0.3, 0.4) is 0 Å². The van der Waals surface area contributed by atoms with Gasteiger partial charge in [-0.1, -0.05) is 26.0 Å². The molecular formula is C15H24N2OS. The van der Waals surface area contributed by atoms with Gasteiger partial charge in [-0.2, -0.15) is 0 Å². The van der Waals surface area contributed by atoms with E-state index in [2.05, 4.69) is 50.4 Å². The lowest BCUT2D eigenvalue weighted by atomic mass is 10.1. The number of benzene rings is 1. The van der Waals surface area contributed by atoms with Crippen LogP contribution >= 0.6 is 11.8 Å². The van der Waals surface area contributed by atoms with Crippen molar-refractivity contribution in [1.82, 2.24) is 10.2 Å². The number of nitrogens with zero attached hydrogens (tertiary/aromatic N) is 1. The van der Waals surface area contributed by atoms with Gasteiger partial charge in [0.05, 0.1) is 6.54 Å². The van der Waals surface area contributed by atoms with Gasteiger partial charge in [-0.25, -0.2) is 0 Å². The van der Waals surface area contributed by atoms with Crippen LogP contribution in [0.25, 0.3) is 0 Å². The lowest BCUT2D eigenvalue weighted by molar-refractivity contribution is -0.127. The molecule has 0 aromatic heterocycles. The Kier molecular flexibility index (Phi) is 6.38. The van der Waals surface area contributed by atoms with Crippen LogP contribution in [0.1, 0.15) is 32.4 Å². The number of hydrogen-bond donors (Lipinski definition) is 1. The molecule has 0 bridgehead atoms. The van der Waals surface area contributed by atoms with Crippen LogP contribution in [0, 0.1) is 0 Å². The predicted octanol–water partition coefficient (Wildman–Crippen LogP) is 2.93. The van der Waals surface area contributed by atoms with E-state index < -0.39 is 0 Å². The lowest BCUT2D eigenvalue weighted by Crippen LogP contribution is -2.34. The zero-order chi connectivity index (χ0) is 14.4. The first kappa shape index (κ1) is 16.1. The Morgan fingerprint density at radius 3 is 2.26 bits per heavy atom. The standard InChI is InChI=1S/C15H24N2OS/c1-11(2)19-14-8-6-13(7-9-14)12(3)16-10-15(18)17(4)5/h6-9,11-12,16H,10H2,1-5H3/t12-/m0/s1. The maximum absolute atomic E-state index is 11.5. The number of rotatable bonds is 6. The van der Waals surface area contributed by atoms with Crippen LogP contribution in [0.4, 0.5) is 0 Å². The predicted molar refractivity (Wildman–Crippen MR) is 82.5 cm³/mol. The third-order valence-electron chi connectivity index (χ3n) is 2.81. The molecule has 4 heteroatoms.